The van der Waals surface area contributed by atoms with Crippen LogP contribution < -0.4 is 5.32 Å². The Kier molecular flexibility index (Phi) is 5.20. The Morgan fingerprint density at radius 1 is 1.22 bits per heavy atom. The van der Waals surface area contributed by atoms with E-state index in [4.69, 9.17) is 0 Å². The molecule has 0 aliphatic heterocycles. The first-order valence-electron chi connectivity index (χ1n) is 9.03. The standard InChI is InChI=1S/C20H21N5OS/c1-14-6-5-9-17(12-14)25-20(22-23-24-25)27-13-18(26)21-19(16-10-11-16)15-7-3-2-4-8-15/h2-9,12,16,19H,10-11,13H2,1H3,(H,21,26). The first kappa shape index (κ1) is 17.7. The van der Waals surface area contributed by atoms with Crippen molar-refractivity contribution in [2.45, 2.75) is 31.0 Å². The fourth-order valence-corrected chi connectivity index (χ4v) is 3.80. The molecule has 27 heavy (non-hydrogen) atoms. The molecule has 1 aliphatic carbocycles. The molecule has 3 aromatic rings. The lowest BCUT2D eigenvalue weighted by Gasteiger charge is -2.18. The molecule has 7 heteroatoms. The summed E-state index contributed by atoms with van der Waals surface area (Å²) >= 11 is 1.35. The third-order valence-electron chi connectivity index (χ3n) is 4.59. The van der Waals surface area contributed by atoms with Crippen LogP contribution in [0.15, 0.2) is 59.8 Å². The third-order valence-corrected chi connectivity index (χ3v) is 5.51. The predicted octanol–water partition coefficient (Wildman–Crippen LogP) is 3.33. The molecule has 1 amide bonds. The number of tetrazole rings is 1. The van der Waals surface area contributed by atoms with E-state index in [1.165, 1.54) is 30.2 Å². The maximum absolute atomic E-state index is 12.5. The number of hydrogen-bond donors (Lipinski definition) is 1. The number of aromatic nitrogens is 4. The van der Waals surface area contributed by atoms with Crippen molar-refractivity contribution in [3.63, 3.8) is 0 Å². The van der Waals surface area contributed by atoms with Crippen molar-refractivity contribution < 1.29 is 4.79 Å². The van der Waals surface area contributed by atoms with Gasteiger partial charge in [0, 0.05) is 0 Å². The number of nitrogens with zero attached hydrogens (tertiary/aromatic N) is 4. The Balaban J connectivity index is 1.41. The fraction of sp³-hybridized carbons (Fsp3) is 0.300. The second kappa shape index (κ2) is 7.92. The predicted molar refractivity (Wildman–Crippen MR) is 105 cm³/mol. The van der Waals surface area contributed by atoms with Gasteiger partial charge in [-0.2, -0.15) is 4.68 Å². The highest BCUT2D eigenvalue weighted by atomic mass is 32.2. The highest BCUT2D eigenvalue weighted by Gasteiger charge is 2.33. The summed E-state index contributed by atoms with van der Waals surface area (Å²) in [6, 6.07) is 18.2. The number of thioether (sulfide) groups is 1. The van der Waals surface area contributed by atoms with Crippen LogP contribution in [0.1, 0.15) is 30.0 Å². The molecule has 1 unspecified atom stereocenters. The third kappa shape index (κ3) is 4.36. The van der Waals surface area contributed by atoms with E-state index >= 15 is 0 Å². The van der Waals surface area contributed by atoms with Crippen LogP contribution in [-0.4, -0.2) is 31.9 Å². The first-order chi connectivity index (χ1) is 13.2. The van der Waals surface area contributed by atoms with Gasteiger partial charge >= 0.3 is 0 Å². The molecule has 1 N–H and O–H groups in total. The van der Waals surface area contributed by atoms with Crippen LogP contribution in [0.4, 0.5) is 0 Å². The highest BCUT2D eigenvalue weighted by Crippen LogP contribution is 2.41. The van der Waals surface area contributed by atoms with Crippen molar-refractivity contribution in [1.29, 1.82) is 0 Å². The molecular weight excluding hydrogens is 358 g/mol. The second-order valence-corrected chi connectivity index (χ2v) is 7.74. The maximum atomic E-state index is 12.5. The number of carbonyl (C=O) groups is 1. The van der Waals surface area contributed by atoms with Crippen LogP contribution in [0.25, 0.3) is 5.69 Å². The zero-order chi connectivity index (χ0) is 18.6. The molecule has 0 bridgehead atoms. The summed E-state index contributed by atoms with van der Waals surface area (Å²) in [5.41, 5.74) is 3.19. The summed E-state index contributed by atoms with van der Waals surface area (Å²) in [6.07, 6.45) is 2.33. The number of aryl methyl sites for hydroxylation is 1. The molecule has 1 aromatic heterocycles. The van der Waals surface area contributed by atoms with Gasteiger partial charge in [-0.05, 0) is 59.4 Å². The average molecular weight is 379 g/mol. The minimum Gasteiger partial charge on any atom is -0.348 e. The molecule has 1 fully saturated rings. The number of carbonyl (C=O) groups excluding carboxylic acids is 1. The van der Waals surface area contributed by atoms with E-state index in [0.717, 1.165) is 11.3 Å². The van der Waals surface area contributed by atoms with Crippen LogP contribution in [0, 0.1) is 12.8 Å². The summed E-state index contributed by atoms with van der Waals surface area (Å²) in [5, 5.41) is 15.7. The molecule has 2 aromatic carbocycles. The van der Waals surface area contributed by atoms with Crippen molar-refractivity contribution in [3.05, 3.63) is 65.7 Å². The van der Waals surface area contributed by atoms with Gasteiger partial charge < -0.3 is 5.32 Å². The van der Waals surface area contributed by atoms with Gasteiger partial charge in [0.15, 0.2) is 0 Å². The van der Waals surface area contributed by atoms with E-state index in [-0.39, 0.29) is 17.7 Å². The molecule has 4 rings (SSSR count). The minimum atomic E-state index is -0.000421. The van der Waals surface area contributed by atoms with E-state index < -0.39 is 0 Å². The van der Waals surface area contributed by atoms with Gasteiger partial charge in [0.25, 0.3) is 0 Å². The molecule has 1 aliphatic rings. The molecule has 1 saturated carbocycles. The van der Waals surface area contributed by atoms with E-state index in [1.54, 1.807) is 4.68 Å². The highest BCUT2D eigenvalue weighted by molar-refractivity contribution is 7.99. The quantitative estimate of drug-likeness (QED) is 0.638. The van der Waals surface area contributed by atoms with Crippen molar-refractivity contribution in [2.24, 2.45) is 5.92 Å². The topological polar surface area (TPSA) is 72.7 Å². The van der Waals surface area contributed by atoms with E-state index in [2.05, 4.69) is 33.0 Å². The van der Waals surface area contributed by atoms with Gasteiger partial charge in [-0.3, -0.25) is 4.79 Å². The number of nitrogens with one attached hydrogen (secondary N) is 1. The van der Waals surface area contributed by atoms with Gasteiger partial charge in [0.05, 0.1) is 17.5 Å². The summed E-state index contributed by atoms with van der Waals surface area (Å²) in [4.78, 5) is 12.5. The van der Waals surface area contributed by atoms with Crippen molar-refractivity contribution in [1.82, 2.24) is 25.5 Å². The van der Waals surface area contributed by atoms with E-state index in [9.17, 15) is 4.79 Å². The lowest BCUT2D eigenvalue weighted by atomic mass is 10.0. The van der Waals surface area contributed by atoms with Gasteiger partial charge in [0.2, 0.25) is 11.1 Å². The Hall–Kier alpha value is -2.67. The molecule has 0 radical (unpaired) electrons. The van der Waals surface area contributed by atoms with E-state index in [0.29, 0.717) is 11.1 Å². The van der Waals surface area contributed by atoms with Crippen LogP contribution in [0.3, 0.4) is 0 Å². The smallest absolute Gasteiger partial charge is 0.230 e. The minimum absolute atomic E-state index is 0.000421. The Morgan fingerprint density at radius 3 is 2.78 bits per heavy atom. The molecule has 138 valence electrons. The number of amides is 1. The summed E-state index contributed by atoms with van der Waals surface area (Å²) < 4.78 is 1.67. The fourth-order valence-electron chi connectivity index (χ4n) is 3.10. The largest absolute Gasteiger partial charge is 0.348 e. The zero-order valence-electron chi connectivity index (χ0n) is 15.1. The Morgan fingerprint density at radius 2 is 2.04 bits per heavy atom. The van der Waals surface area contributed by atoms with Crippen molar-refractivity contribution in [2.75, 3.05) is 5.75 Å². The zero-order valence-corrected chi connectivity index (χ0v) is 15.9. The van der Waals surface area contributed by atoms with Gasteiger partial charge in [0.1, 0.15) is 0 Å². The molecule has 6 nitrogen and oxygen atoms in total. The van der Waals surface area contributed by atoms with Gasteiger partial charge in [-0.15, -0.1) is 5.10 Å². The van der Waals surface area contributed by atoms with Crippen molar-refractivity contribution in [3.8, 4) is 5.69 Å². The normalized spacial score (nSPS) is 14.7. The van der Waals surface area contributed by atoms with Crippen LogP contribution in [0.5, 0.6) is 0 Å². The second-order valence-electron chi connectivity index (χ2n) is 6.79. The van der Waals surface area contributed by atoms with Crippen LogP contribution in [0.2, 0.25) is 0 Å². The average Bonchev–Trinajstić information content (AvgIpc) is 3.42. The number of rotatable bonds is 7. The summed E-state index contributed by atoms with van der Waals surface area (Å²) in [6.45, 7) is 2.02. The molecule has 1 heterocycles. The first-order valence-corrected chi connectivity index (χ1v) is 10.0. The molecule has 0 spiro atoms. The summed E-state index contributed by atoms with van der Waals surface area (Å²) in [5.74, 6) is 0.820. The molecular formula is C20H21N5OS. The van der Waals surface area contributed by atoms with Gasteiger partial charge in [-0.1, -0.05) is 54.2 Å². The Labute approximate surface area is 162 Å². The number of hydrogen-bond acceptors (Lipinski definition) is 5. The molecule has 1 atom stereocenters. The SMILES string of the molecule is Cc1cccc(-n2nnnc2SCC(=O)NC(c2ccccc2)C2CC2)c1. The number of benzene rings is 2. The lowest BCUT2D eigenvalue weighted by molar-refractivity contribution is -0.119. The van der Waals surface area contributed by atoms with E-state index in [1.807, 2.05) is 49.4 Å². The van der Waals surface area contributed by atoms with Crippen molar-refractivity contribution >= 4 is 17.7 Å². The Bertz CT molecular complexity index is 923. The van der Waals surface area contributed by atoms with Crippen LogP contribution >= 0.6 is 11.8 Å². The molecule has 0 saturated heterocycles. The van der Waals surface area contributed by atoms with Crippen LogP contribution in [-0.2, 0) is 4.79 Å². The van der Waals surface area contributed by atoms with Gasteiger partial charge in [-0.25, -0.2) is 0 Å². The lowest BCUT2D eigenvalue weighted by Crippen LogP contribution is -2.31. The monoisotopic (exact) mass is 379 g/mol. The maximum Gasteiger partial charge on any atom is 0.230 e. The summed E-state index contributed by atoms with van der Waals surface area (Å²) in [7, 11) is 0.